The van der Waals surface area contributed by atoms with Crippen molar-refractivity contribution in [2.45, 2.75) is 18.8 Å². The van der Waals surface area contributed by atoms with Gasteiger partial charge in [0.2, 0.25) is 0 Å². The van der Waals surface area contributed by atoms with Crippen molar-refractivity contribution in [1.82, 2.24) is 0 Å². The molecular weight excluding hydrogens is 276 g/mol. The molecule has 0 saturated carbocycles. The van der Waals surface area contributed by atoms with Crippen molar-refractivity contribution in [2.75, 3.05) is 7.11 Å². The summed E-state index contributed by atoms with van der Waals surface area (Å²) in [5, 5.41) is 0. The number of carbonyl (C=O) groups excluding carboxylic acids is 1. The van der Waals surface area contributed by atoms with Crippen molar-refractivity contribution in [3.63, 3.8) is 0 Å². The zero-order valence-corrected chi connectivity index (χ0v) is 12.8. The third-order valence-corrected chi connectivity index (χ3v) is 4.03. The fraction of sp³-hybridized carbons (Fsp3) is 0.211. The number of methoxy groups -OCH3 is 1. The van der Waals surface area contributed by atoms with Crippen molar-refractivity contribution in [2.24, 2.45) is 0 Å². The molecule has 0 amide bonds. The van der Waals surface area contributed by atoms with Gasteiger partial charge in [-0.15, -0.1) is 6.58 Å². The minimum atomic E-state index is -0.850. The average molecular weight is 294 g/mol. The molecule has 0 N–H and O–H groups in total. The molecule has 0 aliphatic carbocycles. The van der Waals surface area contributed by atoms with Gasteiger partial charge in [-0.05, 0) is 37.1 Å². The van der Waals surface area contributed by atoms with E-state index in [1.165, 1.54) is 0 Å². The number of ether oxygens (including phenoxy) is 2. The SMILES string of the molecule is C=C(C)CC1(c2ccccc2)C(=O)Oc2ccc(OC)cc21. The molecule has 3 heteroatoms. The van der Waals surface area contributed by atoms with Gasteiger partial charge >= 0.3 is 5.97 Å². The van der Waals surface area contributed by atoms with Gasteiger partial charge in [-0.2, -0.15) is 0 Å². The summed E-state index contributed by atoms with van der Waals surface area (Å²) in [5.41, 5.74) is 1.83. The topological polar surface area (TPSA) is 35.5 Å². The predicted octanol–water partition coefficient (Wildman–Crippen LogP) is 3.87. The van der Waals surface area contributed by atoms with Crippen molar-refractivity contribution in [3.05, 3.63) is 71.8 Å². The Morgan fingerprint density at radius 1 is 1.23 bits per heavy atom. The fourth-order valence-corrected chi connectivity index (χ4v) is 3.07. The van der Waals surface area contributed by atoms with Crippen LogP contribution in [0, 0.1) is 0 Å². The van der Waals surface area contributed by atoms with Gasteiger partial charge in [0.15, 0.2) is 0 Å². The smallest absolute Gasteiger partial charge is 0.326 e. The third-order valence-electron chi connectivity index (χ3n) is 4.03. The van der Waals surface area contributed by atoms with Crippen LogP contribution >= 0.6 is 0 Å². The van der Waals surface area contributed by atoms with E-state index in [1.807, 2.05) is 43.3 Å². The van der Waals surface area contributed by atoms with E-state index in [9.17, 15) is 4.79 Å². The second-order valence-corrected chi connectivity index (χ2v) is 5.66. The first-order valence-corrected chi connectivity index (χ1v) is 7.18. The van der Waals surface area contributed by atoms with Crippen LogP contribution in [0.15, 0.2) is 60.7 Å². The normalized spacial score (nSPS) is 19.5. The molecule has 2 aromatic carbocycles. The van der Waals surface area contributed by atoms with Crippen molar-refractivity contribution < 1.29 is 14.3 Å². The number of allylic oxidation sites excluding steroid dienone is 1. The zero-order valence-electron chi connectivity index (χ0n) is 12.8. The summed E-state index contributed by atoms with van der Waals surface area (Å²) < 4.78 is 10.9. The number of hydrogen-bond donors (Lipinski definition) is 0. The molecule has 0 radical (unpaired) electrons. The summed E-state index contributed by atoms with van der Waals surface area (Å²) in [5.74, 6) is 1.04. The Morgan fingerprint density at radius 2 is 1.95 bits per heavy atom. The van der Waals surface area contributed by atoms with E-state index >= 15 is 0 Å². The largest absolute Gasteiger partial charge is 0.497 e. The Kier molecular flexibility index (Phi) is 3.49. The maximum absolute atomic E-state index is 12.8. The Bertz CT molecular complexity index is 734. The lowest BCUT2D eigenvalue weighted by Crippen LogP contribution is -2.35. The number of fused-ring (bicyclic) bond motifs is 1. The van der Waals surface area contributed by atoms with Crippen LogP contribution in [0.1, 0.15) is 24.5 Å². The summed E-state index contributed by atoms with van der Waals surface area (Å²) in [6.45, 7) is 5.93. The molecule has 0 fully saturated rings. The molecule has 0 aromatic heterocycles. The van der Waals surface area contributed by atoms with E-state index in [2.05, 4.69) is 6.58 Å². The van der Waals surface area contributed by atoms with Gasteiger partial charge in [0.05, 0.1) is 7.11 Å². The Hall–Kier alpha value is -2.55. The van der Waals surface area contributed by atoms with E-state index in [4.69, 9.17) is 9.47 Å². The van der Waals surface area contributed by atoms with Gasteiger partial charge in [0.1, 0.15) is 16.9 Å². The summed E-state index contributed by atoms with van der Waals surface area (Å²) in [7, 11) is 1.61. The highest BCUT2D eigenvalue weighted by atomic mass is 16.5. The van der Waals surface area contributed by atoms with Crippen LogP contribution in [-0.2, 0) is 10.2 Å². The molecule has 1 atom stereocenters. The van der Waals surface area contributed by atoms with E-state index in [-0.39, 0.29) is 5.97 Å². The van der Waals surface area contributed by atoms with Crippen LogP contribution in [0.25, 0.3) is 0 Å². The monoisotopic (exact) mass is 294 g/mol. The molecule has 1 unspecified atom stereocenters. The average Bonchev–Trinajstić information content (AvgIpc) is 2.80. The summed E-state index contributed by atoms with van der Waals surface area (Å²) >= 11 is 0. The molecule has 0 bridgehead atoms. The third kappa shape index (κ3) is 2.10. The number of esters is 1. The molecule has 112 valence electrons. The second kappa shape index (κ2) is 5.34. The van der Waals surface area contributed by atoms with Crippen molar-refractivity contribution in [3.8, 4) is 11.5 Å². The number of carbonyl (C=O) groups is 1. The fourth-order valence-electron chi connectivity index (χ4n) is 3.07. The molecule has 22 heavy (non-hydrogen) atoms. The van der Waals surface area contributed by atoms with Gasteiger partial charge in [-0.25, -0.2) is 0 Å². The molecule has 0 saturated heterocycles. The molecule has 1 aliphatic heterocycles. The number of rotatable bonds is 4. The molecule has 3 rings (SSSR count). The number of benzene rings is 2. The van der Waals surface area contributed by atoms with Crippen LogP contribution in [0.3, 0.4) is 0 Å². The van der Waals surface area contributed by atoms with Gasteiger partial charge in [0.25, 0.3) is 0 Å². The van der Waals surface area contributed by atoms with Crippen LogP contribution in [-0.4, -0.2) is 13.1 Å². The molecule has 1 heterocycles. The molecular formula is C19H18O3. The van der Waals surface area contributed by atoms with Gasteiger partial charge < -0.3 is 9.47 Å². The maximum Gasteiger partial charge on any atom is 0.326 e. The van der Waals surface area contributed by atoms with Gasteiger partial charge in [-0.1, -0.05) is 35.9 Å². The minimum absolute atomic E-state index is 0.259. The highest BCUT2D eigenvalue weighted by molar-refractivity contribution is 5.95. The van der Waals surface area contributed by atoms with Gasteiger partial charge in [-0.3, -0.25) is 4.79 Å². The van der Waals surface area contributed by atoms with Crippen LogP contribution in [0.4, 0.5) is 0 Å². The molecule has 3 nitrogen and oxygen atoms in total. The predicted molar refractivity (Wildman–Crippen MR) is 85.3 cm³/mol. The van der Waals surface area contributed by atoms with E-state index in [0.717, 1.165) is 16.7 Å². The Labute approximate surface area is 130 Å². The van der Waals surface area contributed by atoms with E-state index in [1.54, 1.807) is 19.2 Å². The second-order valence-electron chi connectivity index (χ2n) is 5.66. The molecule has 2 aromatic rings. The lowest BCUT2D eigenvalue weighted by molar-refractivity contribution is -0.136. The standard InChI is InChI=1S/C19H18O3/c1-13(2)12-19(14-7-5-4-6-8-14)16-11-15(21-3)9-10-17(16)22-18(19)20/h4-11H,1,12H2,2-3H3. The number of hydrogen-bond acceptors (Lipinski definition) is 3. The van der Waals surface area contributed by atoms with Crippen LogP contribution in [0.2, 0.25) is 0 Å². The Morgan fingerprint density at radius 3 is 2.59 bits per heavy atom. The van der Waals surface area contributed by atoms with Crippen LogP contribution < -0.4 is 9.47 Å². The quantitative estimate of drug-likeness (QED) is 0.488. The highest BCUT2D eigenvalue weighted by Crippen LogP contribution is 2.49. The maximum atomic E-state index is 12.8. The summed E-state index contributed by atoms with van der Waals surface area (Å²) in [6, 6.07) is 15.2. The van der Waals surface area contributed by atoms with Crippen molar-refractivity contribution in [1.29, 1.82) is 0 Å². The first-order chi connectivity index (χ1) is 10.6. The first-order valence-electron chi connectivity index (χ1n) is 7.18. The Balaban J connectivity index is 2.27. The zero-order chi connectivity index (χ0) is 15.7. The lowest BCUT2D eigenvalue weighted by atomic mass is 9.71. The summed E-state index contributed by atoms with van der Waals surface area (Å²) in [4.78, 5) is 12.8. The lowest BCUT2D eigenvalue weighted by Gasteiger charge is -2.27. The first kappa shape index (κ1) is 14.4. The van der Waals surface area contributed by atoms with E-state index < -0.39 is 5.41 Å². The minimum Gasteiger partial charge on any atom is -0.497 e. The van der Waals surface area contributed by atoms with Crippen LogP contribution in [0.5, 0.6) is 11.5 Å². The van der Waals surface area contributed by atoms with E-state index in [0.29, 0.717) is 17.9 Å². The molecule has 0 spiro atoms. The highest BCUT2D eigenvalue weighted by Gasteiger charge is 2.50. The molecule has 1 aliphatic rings. The summed E-state index contributed by atoms with van der Waals surface area (Å²) in [6.07, 6.45) is 0.510. The van der Waals surface area contributed by atoms with Crippen molar-refractivity contribution >= 4 is 5.97 Å². The van der Waals surface area contributed by atoms with Gasteiger partial charge in [0, 0.05) is 5.56 Å².